The Kier molecular flexibility index (Phi) is 4.87. The van der Waals surface area contributed by atoms with Crippen LogP contribution < -0.4 is 4.74 Å². The molecular weight excluding hydrogens is 294 g/mol. The number of hydrogen-bond donors (Lipinski definition) is 2. The highest BCUT2D eigenvalue weighted by Gasteiger charge is 2.15. The molecule has 0 radical (unpaired) electrons. The van der Waals surface area contributed by atoms with E-state index in [9.17, 15) is 9.59 Å². The highest BCUT2D eigenvalue weighted by atomic mass is 32.1. The lowest BCUT2D eigenvalue weighted by Crippen LogP contribution is -2.01. The van der Waals surface area contributed by atoms with Crippen molar-refractivity contribution in [3.05, 3.63) is 22.7 Å². The first-order valence-corrected chi connectivity index (χ1v) is 7.20. The number of aliphatic hydroxyl groups excluding tert-OH is 1. The van der Waals surface area contributed by atoms with Gasteiger partial charge < -0.3 is 14.9 Å². The summed E-state index contributed by atoms with van der Waals surface area (Å²) in [5.74, 6) is -0.625. The van der Waals surface area contributed by atoms with Gasteiger partial charge in [0.05, 0.1) is 34.3 Å². The largest absolute Gasteiger partial charge is 0.495 e. The Bertz CT molecular complexity index is 679. The van der Waals surface area contributed by atoms with Crippen molar-refractivity contribution in [2.24, 2.45) is 0 Å². The summed E-state index contributed by atoms with van der Waals surface area (Å²) in [6, 6.07) is 3.44. The van der Waals surface area contributed by atoms with Gasteiger partial charge in [-0.05, 0) is 6.07 Å². The number of carbonyl (C=O) groups is 2. The molecule has 0 aromatic carbocycles. The van der Waals surface area contributed by atoms with Crippen molar-refractivity contribution in [1.29, 1.82) is 0 Å². The third-order valence-corrected chi connectivity index (χ3v) is 4.06. The van der Waals surface area contributed by atoms with E-state index in [4.69, 9.17) is 14.9 Å². The van der Waals surface area contributed by atoms with Gasteiger partial charge in [-0.1, -0.05) is 0 Å². The number of aromatic nitrogens is 1. The highest BCUT2D eigenvalue weighted by molar-refractivity contribution is 7.20. The van der Waals surface area contributed by atoms with E-state index in [1.807, 2.05) is 0 Å². The van der Waals surface area contributed by atoms with Gasteiger partial charge in [0.2, 0.25) is 0 Å². The maximum atomic E-state index is 11.9. The maximum Gasteiger partial charge on any atom is 0.303 e. The number of ketones is 1. The number of carbonyl (C=O) groups excluding carboxylic acids is 1. The van der Waals surface area contributed by atoms with Crippen molar-refractivity contribution < 1.29 is 24.5 Å². The van der Waals surface area contributed by atoms with Gasteiger partial charge in [-0.15, -0.1) is 11.3 Å². The zero-order valence-electron chi connectivity index (χ0n) is 11.5. The summed E-state index contributed by atoms with van der Waals surface area (Å²) in [6.07, 6.45) is 0.166. The van der Waals surface area contributed by atoms with Gasteiger partial charge in [-0.25, -0.2) is 4.98 Å². The first-order chi connectivity index (χ1) is 10.0. The average Bonchev–Trinajstić information content (AvgIpc) is 2.87. The van der Waals surface area contributed by atoms with Crippen molar-refractivity contribution in [2.75, 3.05) is 13.7 Å². The van der Waals surface area contributed by atoms with Crippen LogP contribution in [-0.2, 0) is 11.2 Å². The van der Waals surface area contributed by atoms with E-state index in [0.29, 0.717) is 28.3 Å². The maximum absolute atomic E-state index is 11.9. The van der Waals surface area contributed by atoms with Crippen LogP contribution in [0.1, 0.15) is 28.2 Å². The number of hydrogen-bond acceptors (Lipinski definition) is 6. The summed E-state index contributed by atoms with van der Waals surface area (Å²) < 4.78 is 6.02. The van der Waals surface area contributed by atoms with Crippen molar-refractivity contribution in [3.8, 4) is 5.75 Å². The molecule has 0 aliphatic rings. The Balaban J connectivity index is 2.32. The van der Waals surface area contributed by atoms with Crippen LogP contribution in [0.4, 0.5) is 0 Å². The standard InChI is InChI=1S/C14H15NO5S/c1-20-11-7-12-9(15-8(11)4-5-16)6-13(21-12)10(17)2-3-14(18)19/h6-7,16H,2-5H2,1H3,(H,18,19). The Labute approximate surface area is 125 Å². The number of pyridine rings is 1. The second kappa shape index (κ2) is 6.64. The molecular formula is C14H15NO5S. The van der Waals surface area contributed by atoms with E-state index in [1.54, 1.807) is 12.1 Å². The predicted molar refractivity (Wildman–Crippen MR) is 78.2 cm³/mol. The summed E-state index contributed by atoms with van der Waals surface area (Å²) in [7, 11) is 1.52. The molecule has 2 N–H and O–H groups in total. The minimum absolute atomic E-state index is 0.0250. The van der Waals surface area contributed by atoms with Gasteiger partial charge in [0, 0.05) is 25.5 Å². The van der Waals surface area contributed by atoms with Crippen molar-refractivity contribution >= 4 is 33.3 Å². The molecule has 0 aliphatic heterocycles. The average molecular weight is 309 g/mol. The Morgan fingerprint density at radius 2 is 2.10 bits per heavy atom. The van der Waals surface area contributed by atoms with Gasteiger partial charge >= 0.3 is 5.97 Å². The van der Waals surface area contributed by atoms with E-state index in [1.165, 1.54) is 18.4 Å². The van der Waals surface area contributed by atoms with Crippen LogP contribution in [-0.4, -0.2) is 40.7 Å². The molecule has 21 heavy (non-hydrogen) atoms. The molecule has 0 amide bonds. The Morgan fingerprint density at radius 1 is 1.33 bits per heavy atom. The van der Waals surface area contributed by atoms with Crippen LogP contribution >= 0.6 is 11.3 Å². The number of Topliss-reactive ketones (excluding diaryl/α,β-unsaturated/α-hetero) is 1. The van der Waals surface area contributed by atoms with Gasteiger partial charge in [0.25, 0.3) is 0 Å². The first-order valence-electron chi connectivity index (χ1n) is 6.38. The highest BCUT2D eigenvalue weighted by Crippen LogP contribution is 2.30. The quantitative estimate of drug-likeness (QED) is 0.758. The fourth-order valence-electron chi connectivity index (χ4n) is 1.93. The van der Waals surface area contributed by atoms with Crippen LogP contribution in [0.25, 0.3) is 10.2 Å². The molecule has 112 valence electrons. The smallest absolute Gasteiger partial charge is 0.303 e. The second-order valence-electron chi connectivity index (χ2n) is 4.42. The SMILES string of the molecule is COc1cc2sc(C(=O)CCC(=O)O)cc2nc1CCO. The van der Waals surface area contributed by atoms with Crippen LogP contribution in [0.3, 0.4) is 0 Å². The number of aliphatic hydroxyl groups is 1. The number of rotatable bonds is 7. The fourth-order valence-corrected chi connectivity index (χ4v) is 2.93. The number of nitrogens with zero attached hydrogens (tertiary/aromatic N) is 1. The van der Waals surface area contributed by atoms with Crippen molar-refractivity contribution in [1.82, 2.24) is 4.98 Å². The summed E-state index contributed by atoms with van der Waals surface area (Å²) in [5, 5.41) is 17.6. The lowest BCUT2D eigenvalue weighted by atomic mass is 10.2. The number of ether oxygens (including phenoxy) is 1. The topological polar surface area (TPSA) is 96.7 Å². The van der Waals surface area contributed by atoms with Crippen LogP contribution in [0, 0.1) is 0 Å². The molecule has 0 fully saturated rings. The Hall–Kier alpha value is -1.99. The van der Waals surface area contributed by atoms with Gasteiger partial charge in [0.1, 0.15) is 5.75 Å². The van der Waals surface area contributed by atoms with Gasteiger partial charge in [0.15, 0.2) is 5.78 Å². The van der Waals surface area contributed by atoms with Crippen LogP contribution in [0.2, 0.25) is 0 Å². The molecule has 0 spiro atoms. The van der Waals surface area contributed by atoms with E-state index in [0.717, 1.165) is 4.70 Å². The predicted octanol–water partition coefficient (Wildman–Crippen LogP) is 1.89. The molecule has 0 saturated carbocycles. The number of thiophene rings is 1. The summed E-state index contributed by atoms with van der Waals surface area (Å²) in [6.45, 7) is -0.0383. The van der Waals surface area contributed by atoms with Crippen molar-refractivity contribution in [3.63, 3.8) is 0 Å². The monoisotopic (exact) mass is 309 g/mol. The molecule has 0 bridgehead atoms. The minimum Gasteiger partial charge on any atom is -0.495 e. The molecule has 2 heterocycles. The lowest BCUT2D eigenvalue weighted by Gasteiger charge is -2.05. The molecule has 0 saturated heterocycles. The molecule has 0 aliphatic carbocycles. The fraction of sp³-hybridized carbons (Fsp3) is 0.357. The first kappa shape index (κ1) is 15.4. The Morgan fingerprint density at radius 3 is 2.71 bits per heavy atom. The van der Waals surface area contributed by atoms with Gasteiger partial charge in [-0.2, -0.15) is 0 Å². The molecule has 6 nitrogen and oxygen atoms in total. The summed E-state index contributed by atoms with van der Waals surface area (Å²) in [4.78, 5) is 27.3. The molecule has 2 aromatic rings. The lowest BCUT2D eigenvalue weighted by molar-refractivity contribution is -0.136. The van der Waals surface area contributed by atoms with E-state index < -0.39 is 5.97 Å². The minimum atomic E-state index is -0.991. The number of carboxylic acids is 1. The summed E-state index contributed by atoms with van der Waals surface area (Å²) >= 11 is 1.27. The number of methoxy groups -OCH3 is 1. The third kappa shape index (κ3) is 3.56. The van der Waals surface area contributed by atoms with E-state index in [-0.39, 0.29) is 25.2 Å². The number of aliphatic carboxylic acids is 1. The summed E-state index contributed by atoms with van der Waals surface area (Å²) in [5.41, 5.74) is 1.29. The second-order valence-corrected chi connectivity index (χ2v) is 5.51. The zero-order valence-corrected chi connectivity index (χ0v) is 12.3. The van der Waals surface area contributed by atoms with E-state index in [2.05, 4.69) is 4.98 Å². The van der Waals surface area contributed by atoms with Crippen molar-refractivity contribution in [2.45, 2.75) is 19.3 Å². The number of carboxylic acid groups (broad SMARTS) is 1. The van der Waals surface area contributed by atoms with Gasteiger partial charge in [-0.3, -0.25) is 9.59 Å². The molecule has 2 rings (SSSR count). The molecule has 2 aromatic heterocycles. The zero-order chi connectivity index (χ0) is 15.4. The van der Waals surface area contributed by atoms with E-state index >= 15 is 0 Å². The normalized spacial score (nSPS) is 10.8. The molecule has 7 heteroatoms. The molecule has 0 atom stereocenters. The number of fused-ring (bicyclic) bond motifs is 1. The van der Waals surface area contributed by atoms with Crippen LogP contribution in [0.5, 0.6) is 5.75 Å². The van der Waals surface area contributed by atoms with Crippen LogP contribution in [0.15, 0.2) is 12.1 Å². The third-order valence-electron chi connectivity index (χ3n) is 2.95. The molecule has 0 unspecified atom stereocenters.